The van der Waals surface area contributed by atoms with Gasteiger partial charge in [-0.3, -0.25) is 24.0 Å². The number of nitrogens with one attached hydrogen (secondary N) is 4. The summed E-state index contributed by atoms with van der Waals surface area (Å²) in [6.07, 6.45) is 1.26. The number of aliphatic carboxylic acids is 1. The first-order valence-corrected chi connectivity index (χ1v) is 13.3. The minimum Gasteiger partial charge on any atom is -0.480 e. The van der Waals surface area contributed by atoms with Crippen LogP contribution in [0.15, 0.2) is 30.5 Å². The molecule has 5 unspecified atom stereocenters. The molecule has 1 aromatic heterocycles. The third-order valence-electron chi connectivity index (χ3n) is 6.90. The van der Waals surface area contributed by atoms with Crippen molar-refractivity contribution in [2.24, 2.45) is 23.1 Å². The fraction of sp³-hybridized carbons (Fsp3) is 0.481. The van der Waals surface area contributed by atoms with E-state index in [-0.39, 0.29) is 38.0 Å². The minimum atomic E-state index is -1.47. The molecule has 1 heterocycles. The normalized spacial score (nSPS) is 14.7. The quantitative estimate of drug-likeness (QED) is 0.118. The molecule has 14 heteroatoms. The van der Waals surface area contributed by atoms with Crippen molar-refractivity contribution in [1.29, 1.82) is 0 Å². The van der Waals surface area contributed by atoms with E-state index < -0.39 is 59.7 Å². The third kappa shape index (κ3) is 9.90. The molecule has 0 aliphatic carbocycles. The van der Waals surface area contributed by atoms with Crippen LogP contribution in [0.2, 0.25) is 0 Å². The van der Waals surface area contributed by atoms with Crippen LogP contribution in [0.5, 0.6) is 0 Å². The number of para-hydroxylation sites is 1. The van der Waals surface area contributed by atoms with Crippen LogP contribution in [0.1, 0.15) is 51.5 Å². The van der Waals surface area contributed by atoms with Gasteiger partial charge < -0.3 is 43.2 Å². The van der Waals surface area contributed by atoms with Gasteiger partial charge in [0.25, 0.3) is 0 Å². The lowest BCUT2D eigenvalue weighted by atomic mass is 9.98. The Morgan fingerprint density at radius 1 is 0.854 bits per heavy atom. The minimum absolute atomic E-state index is 0.0370. The molecule has 0 saturated carbocycles. The van der Waals surface area contributed by atoms with E-state index in [0.717, 1.165) is 10.9 Å². The topological polar surface area (TPSA) is 253 Å². The summed E-state index contributed by atoms with van der Waals surface area (Å²) in [6.45, 7) is 3.68. The molecule has 0 spiro atoms. The van der Waals surface area contributed by atoms with Crippen LogP contribution < -0.4 is 33.2 Å². The predicted octanol–water partition coefficient (Wildman–Crippen LogP) is -0.846. The van der Waals surface area contributed by atoms with Crippen molar-refractivity contribution < 1.29 is 33.9 Å². The van der Waals surface area contributed by atoms with E-state index in [1.54, 1.807) is 13.1 Å². The Kier molecular flexibility index (Phi) is 12.3. The number of hydrogen-bond acceptors (Lipinski definition) is 7. The number of carboxylic acid groups (broad SMARTS) is 1. The first-order chi connectivity index (χ1) is 19.3. The van der Waals surface area contributed by atoms with Crippen LogP contribution in [-0.4, -0.2) is 69.8 Å². The summed E-state index contributed by atoms with van der Waals surface area (Å²) in [6, 6.07) is 2.45. The zero-order chi connectivity index (χ0) is 30.7. The van der Waals surface area contributed by atoms with E-state index in [2.05, 4.69) is 20.9 Å². The Bertz CT molecular complexity index is 1260. The number of aromatic nitrogens is 1. The number of hydrogen-bond donors (Lipinski definition) is 8. The van der Waals surface area contributed by atoms with E-state index in [1.165, 1.54) is 0 Å². The number of benzene rings is 1. The molecule has 2 aromatic rings. The fourth-order valence-electron chi connectivity index (χ4n) is 4.15. The summed E-state index contributed by atoms with van der Waals surface area (Å²) in [5.41, 5.74) is 18.0. The van der Waals surface area contributed by atoms with Crippen LogP contribution in [0.3, 0.4) is 0 Å². The molecule has 0 aliphatic heterocycles. The van der Waals surface area contributed by atoms with Crippen molar-refractivity contribution in [2.45, 2.75) is 76.5 Å². The van der Waals surface area contributed by atoms with Crippen molar-refractivity contribution in [2.75, 3.05) is 0 Å². The lowest BCUT2D eigenvalue weighted by Crippen LogP contribution is -2.58. The molecule has 5 amide bonds. The summed E-state index contributed by atoms with van der Waals surface area (Å²) in [7, 11) is 0. The molecule has 224 valence electrons. The summed E-state index contributed by atoms with van der Waals surface area (Å²) >= 11 is 0. The van der Waals surface area contributed by atoms with Crippen LogP contribution in [0.25, 0.3) is 10.9 Å². The summed E-state index contributed by atoms with van der Waals surface area (Å²) < 4.78 is 0. The second-order valence-electron chi connectivity index (χ2n) is 10.0. The number of amides is 5. The third-order valence-corrected chi connectivity index (χ3v) is 6.90. The van der Waals surface area contributed by atoms with Crippen LogP contribution in [0.4, 0.5) is 0 Å². The van der Waals surface area contributed by atoms with Gasteiger partial charge in [-0.25, -0.2) is 4.79 Å². The van der Waals surface area contributed by atoms with E-state index >= 15 is 0 Å². The molecule has 11 N–H and O–H groups in total. The largest absolute Gasteiger partial charge is 0.480 e. The van der Waals surface area contributed by atoms with Crippen molar-refractivity contribution in [3.05, 3.63) is 36.0 Å². The molecular formula is C27H39N7O7. The number of primary amides is 2. The van der Waals surface area contributed by atoms with E-state index in [9.17, 15) is 33.9 Å². The number of rotatable bonds is 17. The van der Waals surface area contributed by atoms with Gasteiger partial charge in [0, 0.05) is 36.4 Å². The average Bonchev–Trinajstić information content (AvgIpc) is 3.33. The summed E-state index contributed by atoms with van der Waals surface area (Å²) in [5.74, 6) is -5.31. The van der Waals surface area contributed by atoms with Crippen LogP contribution in [-0.2, 0) is 35.2 Å². The Balaban J connectivity index is 2.32. The maximum atomic E-state index is 13.5. The lowest BCUT2D eigenvalue weighted by molar-refractivity contribution is -0.142. The highest BCUT2D eigenvalue weighted by Gasteiger charge is 2.32. The first kappa shape index (κ1) is 32.8. The molecule has 0 bridgehead atoms. The molecular weight excluding hydrogens is 534 g/mol. The SMILES string of the molecule is CCC(C)C(N)C(=O)NC(Cc1c[nH]c2ccccc12)C(=O)NC(CCC(N)=O)C(=O)NC(CCC(N)=O)C(=O)O. The van der Waals surface area contributed by atoms with Crippen LogP contribution in [0, 0.1) is 5.92 Å². The highest BCUT2D eigenvalue weighted by Crippen LogP contribution is 2.19. The molecule has 41 heavy (non-hydrogen) atoms. The van der Waals surface area contributed by atoms with Gasteiger partial charge in [-0.1, -0.05) is 38.5 Å². The molecule has 0 fully saturated rings. The van der Waals surface area contributed by atoms with Gasteiger partial charge in [0.15, 0.2) is 0 Å². The molecule has 14 nitrogen and oxygen atoms in total. The Morgan fingerprint density at radius 3 is 1.98 bits per heavy atom. The zero-order valence-corrected chi connectivity index (χ0v) is 23.1. The maximum absolute atomic E-state index is 13.5. The van der Waals surface area contributed by atoms with Gasteiger partial charge in [0.1, 0.15) is 18.1 Å². The van der Waals surface area contributed by atoms with E-state index in [1.807, 2.05) is 31.2 Å². The molecule has 0 saturated heterocycles. The number of carbonyl (C=O) groups is 6. The van der Waals surface area contributed by atoms with Gasteiger partial charge in [-0.15, -0.1) is 0 Å². The van der Waals surface area contributed by atoms with Gasteiger partial charge >= 0.3 is 5.97 Å². The van der Waals surface area contributed by atoms with Gasteiger partial charge in [-0.2, -0.15) is 0 Å². The van der Waals surface area contributed by atoms with Crippen LogP contribution >= 0.6 is 0 Å². The second-order valence-corrected chi connectivity index (χ2v) is 10.0. The Labute approximate surface area is 237 Å². The molecule has 0 aliphatic rings. The second kappa shape index (κ2) is 15.4. The number of nitrogens with two attached hydrogens (primary N) is 3. The lowest BCUT2D eigenvalue weighted by Gasteiger charge is -2.26. The van der Waals surface area contributed by atoms with E-state index in [4.69, 9.17) is 17.2 Å². The standard InChI is InChI=1S/C27H39N7O7/c1-3-14(2)23(30)26(39)34-20(12-15-13-31-17-7-5-4-6-16(15)17)25(38)32-18(8-10-21(28)35)24(37)33-19(27(40)41)9-11-22(29)36/h4-7,13-14,18-20,23,31H,3,8-12,30H2,1-2H3,(H2,28,35)(H2,29,36)(H,32,38)(H,33,37)(H,34,39)(H,40,41). The molecule has 5 atom stereocenters. The van der Waals surface area contributed by atoms with Gasteiger partial charge in [0.2, 0.25) is 29.5 Å². The molecule has 2 rings (SSSR count). The Morgan fingerprint density at radius 2 is 1.39 bits per heavy atom. The smallest absolute Gasteiger partial charge is 0.326 e. The van der Waals surface area contributed by atoms with Gasteiger partial charge in [0.05, 0.1) is 6.04 Å². The van der Waals surface area contributed by atoms with E-state index in [0.29, 0.717) is 12.0 Å². The molecule has 1 aromatic carbocycles. The van der Waals surface area contributed by atoms with Crippen molar-refractivity contribution >= 4 is 46.4 Å². The number of carboxylic acids is 1. The summed E-state index contributed by atoms with van der Waals surface area (Å²) in [5, 5.41) is 17.8. The average molecular weight is 574 g/mol. The van der Waals surface area contributed by atoms with Gasteiger partial charge in [-0.05, 0) is 30.4 Å². The van der Waals surface area contributed by atoms with Crippen molar-refractivity contribution in [1.82, 2.24) is 20.9 Å². The zero-order valence-electron chi connectivity index (χ0n) is 23.1. The number of fused-ring (bicyclic) bond motifs is 1. The predicted molar refractivity (Wildman–Crippen MR) is 150 cm³/mol. The molecule has 0 radical (unpaired) electrons. The number of carbonyl (C=O) groups excluding carboxylic acids is 5. The van der Waals surface area contributed by atoms with Crippen molar-refractivity contribution in [3.63, 3.8) is 0 Å². The fourth-order valence-corrected chi connectivity index (χ4v) is 4.15. The highest BCUT2D eigenvalue weighted by molar-refractivity contribution is 5.95. The Hall–Kier alpha value is -4.46. The summed E-state index contributed by atoms with van der Waals surface area (Å²) in [4.78, 5) is 76.9. The first-order valence-electron chi connectivity index (χ1n) is 13.3. The number of aromatic amines is 1. The highest BCUT2D eigenvalue weighted by atomic mass is 16.4. The van der Waals surface area contributed by atoms with Crippen molar-refractivity contribution in [3.8, 4) is 0 Å². The maximum Gasteiger partial charge on any atom is 0.326 e. The number of H-pyrrole nitrogens is 1. The monoisotopic (exact) mass is 573 g/mol.